The predicted octanol–water partition coefficient (Wildman–Crippen LogP) is -0.554. The zero-order chi connectivity index (χ0) is 13.2. The van der Waals surface area contributed by atoms with Crippen molar-refractivity contribution in [3.05, 3.63) is 16.6 Å². The molecule has 0 radical (unpaired) electrons. The Morgan fingerprint density at radius 1 is 1.56 bits per heavy atom. The van der Waals surface area contributed by atoms with Gasteiger partial charge in [-0.3, -0.25) is 5.10 Å². The van der Waals surface area contributed by atoms with Crippen molar-refractivity contribution in [1.29, 1.82) is 0 Å². The van der Waals surface area contributed by atoms with Crippen LogP contribution >= 0.6 is 15.9 Å². The minimum atomic E-state index is -3.69. The standard InChI is InChI=1S/C7H10BrN7O2S/c1-5-11-7(13-12-5)18(16,17)10-2-3-15-9-4-6(8)14-15/h4,10H,2-3H2,1H3,(H,11,12,13). The van der Waals surface area contributed by atoms with Crippen LogP contribution in [0.25, 0.3) is 0 Å². The SMILES string of the molecule is Cc1nc(S(=O)(=O)NCCn2ncc(Br)n2)n[nH]1. The fraction of sp³-hybridized carbons (Fsp3) is 0.429. The van der Waals surface area contributed by atoms with E-state index in [4.69, 9.17) is 0 Å². The highest BCUT2D eigenvalue weighted by atomic mass is 79.9. The van der Waals surface area contributed by atoms with Crippen LogP contribution in [-0.4, -0.2) is 45.1 Å². The van der Waals surface area contributed by atoms with Crippen molar-refractivity contribution >= 4 is 26.0 Å². The lowest BCUT2D eigenvalue weighted by molar-refractivity contribution is 0.518. The van der Waals surface area contributed by atoms with Crippen molar-refractivity contribution in [3.63, 3.8) is 0 Å². The first-order valence-corrected chi connectivity index (χ1v) is 7.19. The second-order valence-electron chi connectivity index (χ2n) is 3.36. The third-order valence-corrected chi connectivity index (χ3v) is 3.54. The zero-order valence-electron chi connectivity index (χ0n) is 9.33. The Hall–Kier alpha value is -1.33. The molecule has 9 nitrogen and oxygen atoms in total. The summed E-state index contributed by atoms with van der Waals surface area (Å²) < 4.78 is 26.4. The van der Waals surface area contributed by atoms with Gasteiger partial charge in [0.1, 0.15) is 10.4 Å². The fourth-order valence-electron chi connectivity index (χ4n) is 1.17. The summed E-state index contributed by atoms with van der Waals surface area (Å²) in [5, 5.41) is 13.6. The van der Waals surface area contributed by atoms with Crippen LogP contribution in [0, 0.1) is 6.92 Å². The van der Waals surface area contributed by atoms with Gasteiger partial charge in [0, 0.05) is 6.54 Å². The molecule has 0 bridgehead atoms. The van der Waals surface area contributed by atoms with Gasteiger partial charge in [0.25, 0.3) is 15.2 Å². The van der Waals surface area contributed by atoms with Crippen molar-refractivity contribution in [1.82, 2.24) is 34.9 Å². The summed E-state index contributed by atoms with van der Waals surface area (Å²) in [5.74, 6) is 0.438. The van der Waals surface area contributed by atoms with Crippen LogP contribution in [0.5, 0.6) is 0 Å². The fourth-order valence-corrected chi connectivity index (χ4v) is 2.36. The van der Waals surface area contributed by atoms with Gasteiger partial charge in [-0.1, -0.05) is 0 Å². The van der Waals surface area contributed by atoms with Gasteiger partial charge in [-0.25, -0.2) is 18.1 Å². The van der Waals surface area contributed by atoms with Crippen LogP contribution in [0.1, 0.15) is 5.82 Å². The van der Waals surface area contributed by atoms with Crippen LogP contribution < -0.4 is 4.72 Å². The molecule has 98 valence electrons. The van der Waals surface area contributed by atoms with E-state index < -0.39 is 10.0 Å². The minimum Gasteiger partial charge on any atom is -0.262 e. The second kappa shape index (κ2) is 5.12. The average molecular weight is 336 g/mol. The highest BCUT2D eigenvalue weighted by Gasteiger charge is 2.18. The lowest BCUT2D eigenvalue weighted by Gasteiger charge is -2.02. The molecule has 11 heteroatoms. The van der Waals surface area contributed by atoms with E-state index in [1.807, 2.05) is 0 Å². The summed E-state index contributed by atoms with van der Waals surface area (Å²) in [6.45, 7) is 2.09. The number of aryl methyl sites for hydroxylation is 1. The maximum atomic E-state index is 11.7. The van der Waals surface area contributed by atoms with E-state index in [-0.39, 0.29) is 11.7 Å². The van der Waals surface area contributed by atoms with E-state index in [0.29, 0.717) is 17.0 Å². The molecule has 0 aromatic carbocycles. The number of aromatic nitrogens is 6. The normalized spacial score (nSPS) is 11.9. The third kappa shape index (κ3) is 3.11. The molecule has 0 atom stereocenters. The molecular weight excluding hydrogens is 326 g/mol. The van der Waals surface area contributed by atoms with Crippen LogP contribution in [0.15, 0.2) is 16.0 Å². The first-order valence-electron chi connectivity index (χ1n) is 4.92. The highest BCUT2D eigenvalue weighted by molar-refractivity contribution is 9.10. The summed E-state index contributed by atoms with van der Waals surface area (Å²) in [7, 11) is -3.69. The first-order chi connectivity index (χ1) is 8.47. The van der Waals surface area contributed by atoms with E-state index in [1.54, 1.807) is 6.92 Å². The number of sulfonamides is 1. The topological polar surface area (TPSA) is 118 Å². The second-order valence-corrected chi connectivity index (χ2v) is 5.84. The highest BCUT2D eigenvalue weighted by Crippen LogP contribution is 2.02. The Morgan fingerprint density at radius 3 is 2.89 bits per heavy atom. The van der Waals surface area contributed by atoms with Gasteiger partial charge in [0.15, 0.2) is 0 Å². The molecule has 0 saturated carbocycles. The van der Waals surface area contributed by atoms with Crippen molar-refractivity contribution in [2.75, 3.05) is 6.54 Å². The Bertz CT molecular complexity index is 634. The van der Waals surface area contributed by atoms with Gasteiger partial charge in [-0.2, -0.15) is 9.90 Å². The number of hydrogen-bond acceptors (Lipinski definition) is 6. The first kappa shape index (κ1) is 13.1. The molecule has 0 unspecified atom stereocenters. The molecule has 2 rings (SSSR count). The van der Waals surface area contributed by atoms with Crippen LogP contribution in [0.2, 0.25) is 0 Å². The Balaban J connectivity index is 1.93. The number of nitrogens with zero attached hydrogens (tertiary/aromatic N) is 5. The molecule has 2 aromatic rings. The molecule has 2 aromatic heterocycles. The average Bonchev–Trinajstić information content (AvgIpc) is 2.88. The number of aromatic amines is 1. The Morgan fingerprint density at radius 2 is 2.33 bits per heavy atom. The van der Waals surface area contributed by atoms with Crippen LogP contribution in [0.3, 0.4) is 0 Å². The summed E-state index contributed by atoms with van der Waals surface area (Å²) in [6, 6.07) is 0. The molecule has 18 heavy (non-hydrogen) atoms. The van der Waals surface area contributed by atoms with Gasteiger partial charge in [0.05, 0.1) is 12.7 Å². The van der Waals surface area contributed by atoms with Gasteiger partial charge in [-0.15, -0.1) is 10.2 Å². The lowest BCUT2D eigenvalue weighted by Crippen LogP contribution is -2.28. The molecule has 0 aliphatic heterocycles. The van der Waals surface area contributed by atoms with E-state index in [9.17, 15) is 8.42 Å². The molecule has 0 fully saturated rings. The number of rotatable bonds is 5. The minimum absolute atomic E-state index is 0.150. The number of nitrogens with one attached hydrogen (secondary N) is 2. The molecule has 2 N–H and O–H groups in total. The summed E-state index contributed by atoms with van der Waals surface area (Å²) in [6.07, 6.45) is 1.52. The van der Waals surface area contributed by atoms with E-state index in [2.05, 4.69) is 46.0 Å². The molecule has 0 aliphatic rings. The molecule has 2 heterocycles. The summed E-state index contributed by atoms with van der Waals surface area (Å²) >= 11 is 3.15. The van der Waals surface area contributed by atoms with Crippen molar-refractivity contribution in [3.8, 4) is 0 Å². The van der Waals surface area contributed by atoms with Crippen molar-refractivity contribution in [2.24, 2.45) is 0 Å². The van der Waals surface area contributed by atoms with Crippen molar-refractivity contribution < 1.29 is 8.42 Å². The summed E-state index contributed by atoms with van der Waals surface area (Å²) in [5.41, 5.74) is 0. The maximum Gasteiger partial charge on any atom is 0.282 e. The Labute approximate surface area is 111 Å². The zero-order valence-corrected chi connectivity index (χ0v) is 11.7. The van der Waals surface area contributed by atoms with Crippen LogP contribution in [-0.2, 0) is 16.6 Å². The largest absolute Gasteiger partial charge is 0.282 e. The quantitative estimate of drug-likeness (QED) is 0.756. The van der Waals surface area contributed by atoms with Gasteiger partial charge >= 0.3 is 0 Å². The van der Waals surface area contributed by atoms with Gasteiger partial charge in [-0.05, 0) is 22.9 Å². The smallest absolute Gasteiger partial charge is 0.262 e. The predicted molar refractivity (Wildman–Crippen MR) is 64.0 cm³/mol. The molecular formula is C7H10BrN7O2S. The maximum absolute atomic E-state index is 11.7. The molecule has 0 amide bonds. The number of halogens is 1. The number of H-pyrrole nitrogens is 1. The third-order valence-electron chi connectivity index (χ3n) is 1.93. The molecule has 0 spiro atoms. The monoisotopic (exact) mass is 335 g/mol. The number of hydrogen-bond donors (Lipinski definition) is 2. The van der Waals surface area contributed by atoms with E-state index in [0.717, 1.165) is 0 Å². The Kier molecular flexibility index (Phi) is 3.73. The van der Waals surface area contributed by atoms with Crippen molar-refractivity contribution in [2.45, 2.75) is 18.6 Å². The van der Waals surface area contributed by atoms with Crippen LogP contribution in [0.4, 0.5) is 0 Å². The van der Waals surface area contributed by atoms with Gasteiger partial charge < -0.3 is 0 Å². The molecule has 0 saturated heterocycles. The van der Waals surface area contributed by atoms with E-state index >= 15 is 0 Å². The van der Waals surface area contributed by atoms with Gasteiger partial charge in [0.2, 0.25) is 0 Å². The molecule has 0 aliphatic carbocycles. The van der Waals surface area contributed by atoms with E-state index in [1.165, 1.54) is 11.0 Å². The summed E-state index contributed by atoms with van der Waals surface area (Å²) in [4.78, 5) is 5.12. The lowest BCUT2D eigenvalue weighted by atomic mass is 10.7.